The Morgan fingerprint density at radius 2 is 2.08 bits per heavy atom. The number of nitrogens with one attached hydrogen (secondary N) is 1. The van der Waals surface area contributed by atoms with E-state index >= 15 is 0 Å². The van der Waals surface area contributed by atoms with E-state index in [1.165, 1.54) is 18.2 Å². The number of benzene rings is 1. The molecule has 1 amide bonds. The molecule has 2 aromatic rings. The van der Waals surface area contributed by atoms with Crippen LogP contribution in [0.25, 0.3) is 0 Å². The van der Waals surface area contributed by atoms with Gasteiger partial charge in [0.1, 0.15) is 17.1 Å². The molecule has 0 saturated carbocycles. The maximum absolute atomic E-state index is 13.3. The minimum absolute atomic E-state index is 0.235. The molecular formula is C19H21FN2O3. The summed E-state index contributed by atoms with van der Waals surface area (Å²) in [4.78, 5) is 25.4. The Bertz CT molecular complexity index is 874. The van der Waals surface area contributed by atoms with Crippen molar-refractivity contribution in [2.24, 2.45) is 0 Å². The molecule has 0 bridgehead atoms. The summed E-state index contributed by atoms with van der Waals surface area (Å²) < 4.78 is 14.9. The number of nitrogens with zero attached hydrogens (tertiary/aromatic N) is 1. The number of halogens is 1. The summed E-state index contributed by atoms with van der Waals surface area (Å²) in [5, 5.41) is 13.1. The lowest BCUT2D eigenvalue weighted by atomic mass is 9.93. The molecule has 0 radical (unpaired) electrons. The molecule has 1 aromatic heterocycles. The van der Waals surface area contributed by atoms with Crippen molar-refractivity contribution in [2.45, 2.75) is 45.6 Å². The summed E-state index contributed by atoms with van der Waals surface area (Å²) in [5.41, 5.74) is 0.998. The van der Waals surface area contributed by atoms with Crippen molar-refractivity contribution in [3.05, 3.63) is 57.3 Å². The highest BCUT2D eigenvalue weighted by Crippen LogP contribution is 2.30. The number of aromatic hydroxyl groups is 1. The van der Waals surface area contributed by atoms with Gasteiger partial charge in [-0.05, 0) is 50.3 Å². The van der Waals surface area contributed by atoms with Gasteiger partial charge in [-0.15, -0.1) is 0 Å². The summed E-state index contributed by atoms with van der Waals surface area (Å²) in [7, 11) is 0. The molecule has 0 spiro atoms. The molecule has 0 aliphatic heterocycles. The van der Waals surface area contributed by atoms with Crippen molar-refractivity contribution in [1.29, 1.82) is 0 Å². The predicted molar refractivity (Wildman–Crippen MR) is 93.7 cm³/mol. The van der Waals surface area contributed by atoms with E-state index in [2.05, 4.69) is 5.32 Å². The van der Waals surface area contributed by atoms with Gasteiger partial charge in [-0.25, -0.2) is 4.39 Å². The number of rotatable bonds is 4. The molecule has 1 aromatic carbocycles. The Morgan fingerprint density at radius 1 is 1.32 bits per heavy atom. The van der Waals surface area contributed by atoms with Gasteiger partial charge < -0.3 is 15.0 Å². The third kappa shape index (κ3) is 3.29. The molecule has 1 aliphatic carbocycles. The fraction of sp³-hybridized carbons (Fsp3) is 0.368. The van der Waals surface area contributed by atoms with Gasteiger partial charge in [0.05, 0.1) is 0 Å². The van der Waals surface area contributed by atoms with Crippen molar-refractivity contribution >= 4 is 11.6 Å². The summed E-state index contributed by atoms with van der Waals surface area (Å²) in [6, 6.07) is 5.42. The molecule has 1 heterocycles. The zero-order chi connectivity index (χ0) is 18.0. The highest BCUT2D eigenvalue weighted by molar-refractivity contribution is 6.06. The van der Waals surface area contributed by atoms with Gasteiger partial charge in [0.15, 0.2) is 0 Å². The second-order valence-corrected chi connectivity index (χ2v) is 6.28. The molecule has 0 unspecified atom stereocenters. The van der Waals surface area contributed by atoms with Crippen LogP contribution in [0.2, 0.25) is 0 Å². The summed E-state index contributed by atoms with van der Waals surface area (Å²) >= 11 is 0. The Labute approximate surface area is 145 Å². The average Bonchev–Trinajstić information content (AvgIpc) is 2.59. The lowest BCUT2D eigenvalue weighted by molar-refractivity contribution is 0.102. The Kier molecular flexibility index (Phi) is 4.88. The maximum atomic E-state index is 13.3. The third-order valence-corrected chi connectivity index (χ3v) is 4.50. The first kappa shape index (κ1) is 17.2. The van der Waals surface area contributed by atoms with E-state index in [-0.39, 0.29) is 17.0 Å². The topological polar surface area (TPSA) is 71.3 Å². The zero-order valence-corrected chi connectivity index (χ0v) is 14.1. The molecule has 0 fully saturated rings. The van der Waals surface area contributed by atoms with Gasteiger partial charge in [0.25, 0.3) is 11.5 Å². The normalized spacial score (nSPS) is 13.4. The Balaban J connectivity index is 2.07. The predicted octanol–water partition coefficient (Wildman–Crippen LogP) is 3.23. The lowest BCUT2D eigenvalue weighted by Gasteiger charge is -2.23. The molecule has 0 saturated heterocycles. The van der Waals surface area contributed by atoms with Crippen molar-refractivity contribution in [3.63, 3.8) is 0 Å². The van der Waals surface area contributed by atoms with E-state index in [1.807, 2.05) is 6.92 Å². The molecule has 2 N–H and O–H groups in total. The van der Waals surface area contributed by atoms with Crippen molar-refractivity contribution in [1.82, 2.24) is 4.57 Å². The van der Waals surface area contributed by atoms with Gasteiger partial charge >= 0.3 is 0 Å². The number of aromatic nitrogens is 1. The van der Waals surface area contributed by atoms with Gasteiger partial charge in [0, 0.05) is 23.5 Å². The molecule has 6 heteroatoms. The summed E-state index contributed by atoms with van der Waals surface area (Å²) in [5.74, 6) is -1.44. The second-order valence-electron chi connectivity index (χ2n) is 6.28. The van der Waals surface area contributed by atoms with E-state index < -0.39 is 17.3 Å². The number of pyridine rings is 1. The van der Waals surface area contributed by atoms with Crippen molar-refractivity contribution < 1.29 is 14.3 Å². The van der Waals surface area contributed by atoms with Crippen LogP contribution < -0.4 is 10.9 Å². The van der Waals surface area contributed by atoms with Crippen LogP contribution in [-0.2, 0) is 19.4 Å². The summed E-state index contributed by atoms with van der Waals surface area (Å²) in [6.07, 6.45) is 4.00. The van der Waals surface area contributed by atoms with E-state index in [4.69, 9.17) is 0 Å². The van der Waals surface area contributed by atoms with Crippen LogP contribution in [0.5, 0.6) is 5.75 Å². The third-order valence-electron chi connectivity index (χ3n) is 4.50. The molecular weight excluding hydrogens is 323 g/mol. The van der Waals surface area contributed by atoms with Crippen molar-refractivity contribution in [3.8, 4) is 5.75 Å². The van der Waals surface area contributed by atoms with Crippen LogP contribution in [0.15, 0.2) is 29.1 Å². The first-order chi connectivity index (χ1) is 12.0. The number of carbonyl (C=O) groups excluding carboxylic acids is 1. The monoisotopic (exact) mass is 344 g/mol. The first-order valence-corrected chi connectivity index (χ1v) is 8.57. The number of hydrogen-bond acceptors (Lipinski definition) is 3. The van der Waals surface area contributed by atoms with Crippen LogP contribution in [-0.4, -0.2) is 15.6 Å². The number of hydrogen-bond donors (Lipinski definition) is 2. The number of anilines is 1. The van der Waals surface area contributed by atoms with E-state index in [0.717, 1.165) is 37.4 Å². The molecule has 0 atom stereocenters. The molecule has 132 valence electrons. The van der Waals surface area contributed by atoms with E-state index in [9.17, 15) is 19.1 Å². The van der Waals surface area contributed by atoms with Gasteiger partial charge in [-0.2, -0.15) is 0 Å². The minimum Gasteiger partial charge on any atom is -0.507 e. The largest absolute Gasteiger partial charge is 0.507 e. The van der Waals surface area contributed by atoms with Crippen LogP contribution in [0, 0.1) is 5.82 Å². The van der Waals surface area contributed by atoms with Crippen LogP contribution in [0.3, 0.4) is 0 Å². The van der Waals surface area contributed by atoms with Crippen molar-refractivity contribution in [2.75, 3.05) is 5.32 Å². The highest BCUT2D eigenvalue weighted by Gasteiger charge is 2.27. The molecule has 25 heavy (non-hydrogen) atoms. The highest BCUT2D eigenvalue weighted by atomic mass is 19.1. The van der Waals surface area contributed by atoms with Gasteiger partial charge in [-0.3, -0.25) is 9.59 Å². The van der Waals surface area contributed by atoms with Crippen LogP contribution in [0.4, 0.5) is 10.1 Å². The fourth-order valence-electron chi connectivity index (χ4n) is 3.38. The standard InChI is InChI=1S/C19H21FN2O3/c1-2-10-22-15-9-4-3-8-14(15)17(23)16(19(22)25)18(24)21-13-7-5-6-12(20)11-13/h5-7,11,23H,2-4,8-10H2,1H3,(H,21,24). The number of carbonyl (C=O) groups is 1. The minimum atomic E-state index is -0.716. The van der Waals surface area contributed by atoms with E-state index in [0.29, 0.717) is 18.5 Å². The smallest absolute Gasteiger partial charge is 0.267 e. The molecule has 5 nitrogen and oxygen atoms in total. The van der Waals surface area contributed by atoms with Crippen LogP contribution in [0.1, 0.15) is 47.8 Å². The van der Waals surface area contributed by atoms with Gasteiger partial charge in [-0.1, -0.05) is 13.0 Å². The van der Waals surface area contributed by atoms with Gasteiger partial charge in [0.2, 0.25) is 0 Å². The number of fused-ring (bicyclic) bond motifs is 1. The Morgan fingerprint density at radius 3 is 2.80 bits per heavy atom. The second kappa shape index (κ2) is 7.09. The average molecular weight is 344 g/mol. The first-order valence-electron chi connectivity index (χ1n) is 8.57. The fourth-order valence-corrected chi connectivity index (χ4v) is 3.38. The quantitative estimate of drug-likeness (QED) is 0.894. The molecule has 1 aliphatic rings. The lowest BCUT2D eigenvalue weighted by Crippen LogP contribution is -2.33. The zero-order valence-electron chi connectivity index (χ0n) is 14.1. The molecule has 3 rings (SSSR count). The summed E-state index contributed by atoms with van der Waals surface area (Å²) in [6.45, 7) is 2.46. The van der Waals surface area contributed by atoms with E-state index in [1.54, 1.807) is 4.57 Å². The SMILES string of the molecule is CCCn1c2c(c(O)c(C(=O)Nc3cccc(F)c3)c1=O)CCCC2. The number of amides is 1. The Hall–Kier alpha value is -2.63. The maximum Gasteiger partial charge on any atom is 0.267 e. The van der Waals surface area contributed by atoms with Crippen LogP contribution >= 0.6 is 0 Å².